The molecule has 0 aromatic heterocycles. The van der Waals surface area contributed by atoms with Crippen LogP contribution in [-0.2, 0) is 20.9 Å². The summed E-state index contributed by atoms with van der Waals surface area (Å²) in [5, 5.41) is 10.3. The van der Waals surface area contributed by atoms with Gasteiger partial charge in [-0.2, -0.15) is 0 Å². The van der Waals surface area contributed by atoms with Crippen molar-refractivity contribution in [2.24, 2.45) is 0 Å². The molecule has 0 saturated carbocycles. The molecule has 2 aromatic rings. The lowest BCUT2D eigenvalue weighted by Crippen LogP contribution is -2.42. The van der Waals surface area contributed by atoms with Gasteiger partial charge < -0.3 is 14.2 Å². The van der Waals surface area contributed by atoms with E-state index < -0.39 is 28.1 Å². The first-order valence-corrected chi connectivity index (χ1v) is 12.2. The van der Waals surface area contributed by atoms with E-state index in [1.165, 1.54) is 26.2 Å². The number of rotatable bonds is 9. The van der Waals surface area contributed by atoms with Crippen molar-refractivity contribution in [1.82, 2.24) is 4.90 Å². The van der Waals surface area contributed by atoms with Crippen molar-refractivity contribution < 1.29 is 33.5 Å². The molecule has 0 N–H and O–H groups in total. The molecule has 1 fully saturated rings. The molecule has 0 spiro atoms. The molecule has 1 aliphatic heterocycles. The van der Waals surface area contributed by atoms with E-state index >= 15 is 0 Å². The fourth-order valence-corrected chi connectivity index (χ4v) is 4.86. The van der Waals surface area contributed by atoms with Crippen LogP contribution in [0, 0.1) is 13.7 Å². The van der Waals surface area contributed by atoms with Gasteiger partial charge in [-0.15, -0.1) is 0 Å². The number of esters is 1. The molecule has 1 aliphatic rings. The lowest BCUT2D eigenvalue weighted by molar-refractivity contribution is -0.384. The van der Waals surface area contributed by atoms with Crippen LogP contribution in [-0.4, -0.2) is 46.7 Å². The minimum atomic E-state index is -1.03. The summed E-state index contributed by atoms with van der Waals surface area (Å²) in [6.07, 6.45) is 1.55. The van der Waals surface area contributed by atoms with Crippen LogP contribution >= 0.6 is 34.4 Å². The van der Waals surface area contributed by atoms with E-state index in [0.29, 0.717) is 20.6 Å². The van der Waals surface area contributed by atoms with E-state index in [-0.39, 0.29) is 23.8 Å². The number of carbonyl (C=O) groups is 3. The number of hydrogen-bond donors (Lipinski definition) is 0. The van der Waals surface area contributed by atoms with Crippen molar-refractivity contribution in [1.29, 1.82) is 0 Å². The molecule has 1 saturated heterocycles. The second kappa shape index (κ2) is 11.5. The first kappa shape index (κ1) is 26.5. The van der Waals surface area contributed by atoms with Crippen molar-refractivity contribution in [3.8, 4) is 11.5 Å². The Morgan fingerprint density at radius 1 is 1.26 bits per heavy atom. The summed E-state index contributed by atoms with van der Waals surface area (Å²) in [5.74, 6) is -0.355. The number of thioether (sulfide) groups is 1. The first-order chi connectivity index (χ1) is 16.7. The number of non-ortho nitro benzene ring substituents is 1. The molecule has 1 atom stereocenters. The van der Waals surface area contributed by atoms with Gasteiger partial charge in [-0.3, -0.25) is 24.6 Å². The number of benzene rings is 2. The monoisotopic (exact) mass is 612 g/mol. The molecule has 3 rings (SSSR count). The van der Waals surface area contributed by atoms with Gasteiger partial charge in [-0.25, -0.2) is 4.79 Å². The van der Waals surface area contributed by atoms with E-state index in [1.54, 1.807) is 37.3 Å². The number of amides is 2. The summed E-state index contributed by atoms with van der Waals surface area (Å²) in [6.45, 7) is 3.40. The van der Waals surface area contributed by atoms with Crippen molar-refractivity contribution in [3.05, 3.63) is 66.1 Å². The fourth-order valence-electron chi connectivity index (χ4n) is 3.17. The highest BCUT2D eigenvalue weighted by Crippen LogP contribution is 2.38. The lowest BCUT2D eigenvalue weighted by Gasteiger charge is -2.19. The van der Waals surface area contributed by atoms with Crippen LogP contribution in [0.25, 0.3) is 6.08 Å². The van der Waals surface area contributed by atoms with Gasteiger partial charge in [-0.05, 0) is 89.7 Å². The van der Waals surface area contributed by atoms with Crippen molar-refractivity contribution >= 4 is 63.2 Å². The standard InChI is InChI=1S/C23H21IN2O8S/c1-4-33-22(28)13(2)25-21(27)19(35-23(25)29)11-15-9-17(24)20(18(10-15)32-3)34-12-14-5-7-16(8-6-14)26(30)31/h5-11,13H,4,12H2,1-3H3/b19-11+/t13-/m0/s1. The molecule has 0 unspecified atom stereocenters. The zero-order valence-electron chi connectivity index (χ0n) is 19.0. The van der Waals surface area contributed by atoms with E-state index in [1.807, 2.05) is 0 Å². The Balaban J connectivity index is 1.79. The van der Waals surface area contributed by atoms with E-state index in [9.17, 15) is 24.5 Å². The third kappa shape index (κ3) is 6.11. The second-order valence-corrected chi connectivity index (χ2v) is 9.38. The third-order valence-corrected chi connectivity index (χ3v) is 6.60. The second-order valence-electron chi connectivity index (χ2n) is 7.23. The maximum absolute atomic E-state index is 12.8. The van der Waals surface area contributed by atoms with Crippen LogP contribution < -0.4 is 9.47 Å². The summed E-state index contributed by atoms with van der Waals surface area (Å²) in [4.78, 5) is 48.6. The highest BCUT2D eigenvalue weighted by atomic mass is 127. The number of nitro groups is 1. The maximum atomic E-state index is 12.8. The predicted molar refractivity (Wildman–Crippen MR) is 137 cm³/mol. The first-order valence-electron chi connectivity index (χ1n) is 10.3. The third-order valence-electron chi connectivity index (χ3n) is 4.92. The fraction of sp³-hybridized carbons (Fsp3) is 0.261. The van der Waals surface area contributed by atoms with Gasteiger partial charge in [0.25, 0.3) is 16.8 Å². The van der Waals surface area contributed by atoms with Crippen LogP contribution in [0.3, 0.4) is 0 Å². The number of nitro benzene ring substituents is 1. The lowest BCUT2D eigenvalue weighted by atomic mass is 10.1. The van der Waals surface area contributed by atoms with Crippen molar-refractivity contribution in [2.75, 3.05) is 13.7 Å². The summed E-state index contributed by atoms with van der Waals surface area (Å²) < 4.78 is 17.0. The summed E-state index contributed by atoms with van der Waals surface area (Å²) >= 11 is 2.81. The Hall–Kier alpha value is -3.13. The van der Waals surface area contributed by atoms with Gasteiger partial charge in [0, 0.05) is 12.1 Å². The predicted octanol–water partition coefficient (Wildman–Crippen LogP) is 4.77. The molecule has 10 nitrogen and oxygen atoms in total. The van der Waals surface area contributed by atoms with Crippen LogP contribution in [0.5, 0.6) is 11.5 Å². The quantitative estimate of drug-likeness (QED) is 0.129. The topological polar surface area (TPSA) is 125 Å². The summed E-state index contributed by atoms with van der Waals surface area (Å²) in [5.41, 5.74) is 1.33. The summed E-state index contributed by atoms with van der Waals surface area (Å²) in [7, 11) is 1.48. The van der Waals surface area contributed by atoms with Crippen LogP contribution in [0.4, 0.5) is 10.5 Å². The van der Waals surface area contributed by atoms with Crippen LogP contribution in [0.2, 0.25) is 0 Å². The Morgan fingerprint density at radius 2 is 1.94 bits per heavy atom. The number of carbonyl (C=O) groups excluding carboxylic acids is 3. The van der Waals surface area contributed by atoms with Gasteiger partial charge in [0.15, 0.2) is 11.5 Å². The molecule has 0 aliphatic carbocycles. The molecular formula is C23H21IN2O8S. The molecule has 12 heteroatoms. The van der Waals surface area contributed by atoms with Crippen molar-refractivity contribution in [3.63, 3.8) is 0 Å². The molecular weight excluding hydrogens is 591 g/mol. The smallest absolute Gasteiger partial charge is 0.329 e. The molecule has 0 bridgehead atoms. The Labute approximate surface area is 218 Å². The Bertz CT molecular complexity index is 1200. The number of nitrogens with zero attached hydrogens (tertiary/aromatic N) is 2. The molecule has 35 heavy (non-hydrogen) atoms. The van der Waals surface area contributed by atoms with E-state index in [4.69, 9.17) is 14.2 Å². The van der Waals surface area contributed by atoms with Gasteiger partial charge in [-0.1, -0.05) is 0 Å². The van der Waals surface area contributed by atoms with Gasteiger partial charge in [0.05, 0.1) is 27.1 Å². The normalized spacial score (nSPS) is 15.3. The average molecular weight is 612 g/mol. The molecule has 2 amide bonds. The van der Waals surface area contributed by atoms with Gasteiger partial charge in [0.1, 0.15) is 12.6 Å². The highest BCUT2D eigenvalue weighted by molar-refractivity contribution is 14.1. The molecule has 2 aromatic carbocycles. The molecule has 184 valence electrons. The maximum Gasteiger partial charge on any atom is 0.329 e. The number of methoxy groups -OCH3 is 1. The van der Waals surface area contributed by atoms with Crippen molar-refractivity contribution in [2.45, 2.75) is 26.5 Å². The van der Waals surface area contributed by atoms with E-state index in [0.717, 1.165) is 22.2 Å². The zero-order chi connectivity index (χ0) is 25.7. The van der Waals surface area contributed by atoms with Gasteiger partial charge >= 0.3 is 5.97 Å². The number of halogens is 1. The Morgan fingerprint density at radius 3 is 2.54 bits per heavy atom. The molecule has 0 radical (unpaired) electrons. The minimum Gasteiger partial charge on any atom is -0.493 e. The summed E-state index contributed by atoms with van der Waals surface area (Å²) in [6, 6.07) is 8.42. The average Bonchev–Trinajstić information content (AvgIpc) is 3.10. The largest absolute Gasteiger partial charge is 0.493 e. The van der Waals surface area contributed by atoms with Gasteiger partial charge in [0.2, 0.25) is 0 Å². The van der Waals surface area contributed by atoms with E-state index in [2.05, 4.69) is 22.6 Å². The number of hydrogen-bond acceptors (Lipinski definition) is 9. The number of ether oxygens (including phenoxy) is 3. The SMILES string of the molecule is CCOC(=O)[C@H](C)N1C(=O)S/C(=C/c2cc(I)c(OCc3ccc([N+](=O)[O-])cc3)c(OC)c2)C1=O. The highest BCUT2D eigenvalue weighted by Gasteiger charge is 2.41. The van der Waals surface area contributed by atoms with Crippen LogP contribution in [0.1, 0.15) is 25.0 Å². The van der Waals surface area contributed by atoms with Crippen LogP contribution in [0.15, 0.2) is 41.3 Å². The zero-order valence-corrected chi connectivity index (χ0v) is 22.0. The molecule has 1 heterocycles. The minimum absolute atomic E-state index is 0.00803. The Kier molecular flexibility index (Phi) is 8.72. The number of imide groups is 1.